The third-order valence-electron chi connectivity index (χ3n) is 17.9. The lowest BCUT2D eigenvalue weighted by Gasteiger charge is -2.12. The highest BCUT2D eigenvalue weighted by molar-refractivity contribution is 6.24. The molecule has 9 aromatic rings. The number of phenolic OH excluding ortho intramolecular Hbond substituents is 1. The first kappa shape index (κ1) is 91.1. The van der Waals surface area contributed by atoms with E-state index in [4.69, 9.17) is 48.4 Å². The van der Waals surface area contributed by atoms with Gasteiger partial charge in [0.1, 0.15) is 35.1 Å². The van der Waals surface area contributed by atoms with E-state index in [9.17, 15) is 63.5 Å². The first-order chi connectivity index (χ1) is 52.5. The van der Waals surface area contributed by atoms with Crippen LogP contribution < -0.4 is 19.9 Å². The van der Waals surface area contributed by atoms with E-state index in [1.807, 2.05) is 79.9 Å². The standard InChI is InChI=1S/C14H16N2O5.C14H18N2O3.C14H17NO3.C13H15NO3.C12H13NO4.C7H13NO2.C6H10O3/c1-5-21-14(17)11-8(2)15(3)9-6-7-10(20-4)13(12(9)11)16(18)19;1-5-19-14(17)11-8(2)16(3)9-6-7-10(18-4)13(15)12(9)11;1-5-18-14(16)13-9(2)15(3)12-7-6-10(17-4)8-11(12)13;1-4-17-13(16)12-8(2)14(3)11-6-5-9(15)7-10(11)12;1-6-7(5-14)10-11(13(6)2)8(15)4-9(17-3)12(10)16;1-4-10-7(9)5-6(2)8-3;1-3-9-6(8)4-5(2)7/h6-7H,5H2,1-4H3;6-7H,5,15H2,1-4H3;6-8H,5H2,1-4H3;5-7,15H,4H2,1-3H3;4,14H,5H2,1-3H3;4-5H2,1-3H3;3-4H2,1-2H3. The molecule has 10 rings (SSSR count). The third kappa shape index (κ3) is 21.2. The third-order valence-corrected chi connectivity index (χ3v) is 17.9. The summed E-state index contributed by atoms with van der Waals surface area (Å²) in [5.41, 5.74) is 17.3. The maximum absolute atomic E-state index is 12.2. The number of Topliss-reactive ketones (excluding diaryl/α,β-unsaturated/α-hetero) is 2. The van der Waals surface area contributed by atoms with E-state index in [1.54, 1.807) is 137 Å². The predicted octanol–water partition coefficient (Wildman–Crippen LogP) is 12.2. The number of methoxy groups -OCH3 is 4. The minimum absolute atomic E-state index is 0.0165. The number of allylic oxidation sites excluding steroid dienone is 2. The fourth-order valence-electron chi connectivity index (χ4n) is 11.9. The van der Waals surface area contributed by atoms with Crippen LogP contribution >= 0.6 is 0 Å². The average molecular weight is 1540 g/mol. The molecule has 0 radical (unpaired) electrons. The summed E-state index contributed by atoms with van der Waals surface area (Å²) in [6.45, 7) is 24.6. The van der Waals surface area contributed by atoms with Gasteiger partial charge in [0.05, 0.1) is 136 Å². The highest BCUT2D eigenvalue weighted by Crippen LogP contribution is 2.41. The molecule has 0 fully saturated rings. The zero-order valence-electron chi connectivity index (χ0n) is 67.4. The maximum atomic E-state index is 12.2. The van der Waals surface area contributed by atoms with Crippen LogP contribution in [0.3, 0.4) is 0 Å². The molecule has 5 heterocycles. The van der Waals surface area contributed by atoms with Gasteiger partial charge in [-0.2, -0.15) is 0 Å². The molecule has 0 aliphatic heterocycles. The predicted molar refractivity (Wildman–Crippen MR) is 419 cm³/mol. The van der Waals surface area contributed by atoms with Crippen molar-refractivity contribution in [1.82, 2.24) is 22.8 Å². The van der Waals surface area contributed by atoms with E-state index in [2.05, 4.69) is 9.73 Å². The number of hydrogen-bond acceptors (Lipinski definition) is 25. The number of fused-ring (bicyclic) bond motifs is 5. The number of aromatic hydroxyl groups is 1. The number of nitrogens with two attached hydrogens (primary N) is 1. The first-order valence-corrected chi connectivity index (χ1v) is 35.2. The number of nitro benzene ring substituents is 1. The molecule has 5 aromatic heterocycles. The summed E-state index contributed by atoms with van der Waals surface area (Å²) in [6.07, 6.45) is 1.39. The molecule has 111 heavy (non-hydrogen) atoms. The summed E-state index contributed by atoms with van der Waals surface area (Å²) in [7, 11) is 16.7. The highest BCUT2D eigenvalue weighted by Gasteiger charge is 2.35. The number of rotatable bonds is 20. The Balaban J connectivity index is 0.000000277. The molecule has 0 unspecified atom stereocenters. The molecule has 0 saturated carbocycles. The number of nitro groups is 1. The number of phenols is 1. The minimum atomic E-state index is -0.572. The number of carbonyl (C=O) groups is 9. The molecular weight excluding hydrogens is 1440 g/mol. The van der Waals surface area contributed by atoms with Crippen molar-refractivity contribution in [2.24, 2.45) is 40.2 Å². The van der Waals surface area contributed by atoms with Crippen molar-refractivity contribution < 1.29 is 106 Å². The number of anilines is 1. The molecule has 4 N–H and O–H groups in total. The molecule has 0 bridgehead atoms. The first-order valence-electron chi connectivity index (χ1n) is 35.2. The number of benzene rings is 4. The average Bonchev–Trinajstić information content (AvgIpc) is 1.62. The van der Waals surface area contributed by atoms with Crippen molar-refractivity contribution in [1.29, 1.82) is 0 Å². The van der Waals surface area contributed by atoms with Crippen LogP contribution in [0, 0.1) is 44.7 Å². The van der Waals surface area contributed by atoms with E-state index in [0.29, 0.717) is 101 Å². The fraction of sp³-hybridized carbons (Fsp3) is 0.400. The smallest absolute Gasteiger partial charge is 0.340 e. The molecule has 4 aromatic carbocycles. The lowest BCUT2D eigenvalue weighted by Crippen LogP contribution is -2.20. The molecule has 0 spiro atoms. The lowest BCUT2D eigenvalue weighted by molar-refractivity contribution is -0.384. The monoisotopic (exact) mass is 1540 g/mol. The quantitative estimate of drug-likeness (QED) is 0.0121. The van der Waals surface area contributed by atoms with Crippen molar-refractivity contribution in [3.05, 3.63) is 150 Å². The molecule has 1 aliphatic rings. The Hall–Kier alpha value is -12.3. The number of carbonyl (C=O) groups excluding carboxylic acids is 9. The van der Waals surface area contributed by atoms with Crippen LogP contribution in [0.5, 0.6) is 23.0 Å². The molecule has 0 saturated heterocycles. The fourth-order valence-corrected chi connectivity index (χ4v) is 11.9. The largest absolute Gasteiger partial charge is 0.508 e. The van der Waals surface area contributed by atoms with Crippen LogP contribution in [-0.2, 0) is 89.4 Å². The Morgan fingerprint density at radius 1 is 0.514 bits per heavy atom. The van der Waals surface area contributed by atoms with Crippen molar-refractivity contribution in [2.45, 2.75) is 109 Å². The second kappa shape index (κ2) is 41.9. The Labute approximate surface area is 643 Å². The summed E-state index contributed by atoms with van der Waals surface area (Å²) in [5, 5.41) is 32.8. The van der Waals surface area contributed by atoms with Crippen molar-refractivity contribution in [2.75, 3.05) is 80.9 Å². The molecule has 0 amide bonds. The van der Waals surface area contributed by atoms with Crippen molar-refractivity contribution in [3.63, 3.8) is 0 Å². The lowest BCUT2D eigenvalue weighted by atomic mass is 9.96. The number of aryl methyl sites for hydroxylation is 4. The summed E-state index contributed by atoms with van der Waals surface area (Å²) in [5.74, 6) is -1.42. The summed E-state index contributed by atoms with van der Waals surface area (Å²) in [6, 6.07) is 17.6. The van der Waals surface area contributed by atoms with Crippen LogP contribution in [0.2, 0.25) is 0 Å². The van der Waals surface area contributed by atoms with E-state index < -0.39 is 16.9 Å². The number of hydrogen-bond donors (Lipinski definition) is 3. The number of aromatic nitrogens is 5. The molecule has 31 nitrogen and oxygen atoms in total. The Bertz CT molecular complexity index is 5020. The van der Waals surface area contributed by atoms with Gasteiger partial charge in [-0.15, -0.1) is 0 Å². The van der Waals surface area contributed by atoms with E-state index in [1.165, 1.54) is 33.3 Å². The van der Waals surface area contributed by atoms with Crippen molar-refractivity contribution in [3.8, 4) is 23.0 Å². The maximum Gasteiger partial charge on any atom is 0.340 e. The van der Waals surface area contributed by atoms with Crippen LogP contribution in [-0.4, -0.2) is 172 Å². The number of aliphatic hydroxyl groups excluding tert-OH is 1. The van der Waals surface area contributed by atoms with Crippen LogP contribution in [0.1, 0.15) is 165 Å². The Morgan fingerprint density at radius 3 is 1.34 bits per heavy atom. The topological polar surface area (TPSA) is 393 Å². The highest BCUT2D eigenvalue weighted by atomic mass is 16.6. The second-order valence-corrected chi connectivity index (χ2v) is 24.4. The summed E-state index contributed by atoms with van der Waals surface area (Å²) < 4.78 is 59.0. The zero-order chi connectivity index (χ0) is 83.7. The van der Waals surface area contributed by atoms with Crippen LogP contribution in [0.4, 0.5) is 11.4 Å². The zero-order valence-corrected chi connectivity index (χ0v) is 67.4. The van der Waals surface area contributed by atoms with Gasteiger partial charge < -0.3 is 86.2 Å². The molecule has 31 heteroatoms. The minimum Gasteiger partial charge on any atom is -0.508 e. The number of esters is 6. The Morgan fingerprint density at radius 2 is 0.919 bits per heavy atom. The van der Waals surface area contributed by atoms with Gasteiger partial charge in [0.2, 0.25) is 11.6 Å². The van der Waals surface area contributed by atoms with Crippen molar-refractivity contribution >= 4 is 114 Å². The van der Waals surface area contributed by atoms with Gasteiger partial charge >= 0.3 is 41.5 Å². The van der Waals surface area contributed by atoms with E-state index in [0.717, 1.165) is 55.9 Å². The summed E-state index contributed by atoms with van der Waals surface area (Å²) in [4.78, 5) is 118. The Kier molecular flexibility index (Phi) is 34.4. The molecule has 0 atom stereocenters. The van der Waals surface area contributed by atoms with Gasteiger partial charge in [-0.25, -0.2) is 19.2 Å². The number of aliphatic hydroxyl groups is 1. The van der Waals surface area contributed by atoms with Gasteiger partial charge in [0, 0.05) is 115 Å². The summed E-state index contributed by atoms with van der Waals surface area (Å²) >= 11 is 0. The SMILES string of the molecule is CCOC(=O)CC(C)=NC.CCOC(=O)CC(C)=O.CCOC(=O)c1c(C)n(C)c2ccc(O)cc12.CCOC(=O)c1c(C)n(C)c2ccc(OC)c(N)c12.CCOC(=O)c1c(C)n(C)c2ccc(OC)c([N+](=O)[O-])c12.CCOC(=O)c1c(C)n(C)c2ccc(OC)cc12.COC1=CC(=O)c2c(c(CO)c(C)n2C)C1=O. The van der Waals surface area contributed by atoms with E-state index in [-0.39, 0.29) is 100 Å². The van der Waals surface area contributed by atoms with Crippen LogP contribution in [0.25, 0.3) is 43.6 Å². The number of ether oxygens (including phenoxy) is 10. The van der Waals surface area contributed by atoms with Gasteiger partial charge in [-0.3, -0.25) is 39.1 Å². The van der Waals surface area contributed by atoms with Gasteiger partial charge in [0.25, 0.3) is 0 Å². The van der Waals surface area contributed by atoms with Crippen LogP contribution in [0.15, 0.2) is 77.5 Å². The van der Waals surface area contributed by atoms with Gasteiger partial charge in [-0.05, 0) is 151 Å². The second-order valence-electron chi connectivity index (χ2n) is 24.4. The van der Waals surface area contributed by atoms with Gasteiger partial charge in [-0.1, -0.05) is 0 Å². The van der Waals surface area contributed by atoms with E-state index >= 15 is 0 Å². The normalized spacial score (nSPS) is 11.2. The molecule has 1 aliphatic carbocycles. The molecular formula is C80H102N8O23. The molecule has 600 valence electrons. The van der Waals surface area contributed by atoms with Gasteiger partial charge in [0.15, 0.2) is 11.5 Å². The number of nitrogens with zero attached hydrogens (tertiary/aromatic N) is 7. The number of nitrogen functional groups attached to an aromatic ring is 1. The number of ketones is 3. The number of aliphatic imine (C=N–C) groups is 1.